The van der Waals surface area contributed by atoms with Gasteiger partial charge in [-0.05, 0) is 37.1 Å². The van der Waals surface area contributed by atoms with Crippen molar-refractivity contribution < 1.29 is 14.2 Å². The number of halogens is 1. The van der Waals surface area contributed by atoms with E-state index in [1.807, 2.05) is 11.0 Å². The second kappa shape index (κ2) is 7.87. The van der Waals surface area contributed by atoms with E-state index in [9.17, 15) is 24.6 Å². The van der Waals surface area contributed by atoms with Crippen LogP contribution in [0.3, 0.4) is 0 Å². The van der Waals surface area contributed by atoms with E-state index in [2.05, 4.69) is 5.32 Å². The molecule has 0 spiro atoms. The topological polar surface area (TPSA) is 125 Å². The first-order valence-corrected chi connectivity index (χ1v) is 8.53. The number of hydrogen-bond acceptors (Lipinski definition) is 7. The van der Waals surface area contributed by atoms with Crippen molar-refractivity contribution in [2.45, 2.75) is 18.9 Å². The van der Waals surface area contributed by atoms with E-state index < -0.39 is 15.7 Å². The Bertz CT molecular complexity index is 975. The first-order valence-electron chi connectivity index (χ1n) is 8.53. The molecule has 1 unspecified atom stereocenters. The molecular formula is C18H16FN5O4. The summed E-state index contributed by atoms with van der Waals surface area (Å²) in [5, 5.41) is 34.1. The van der Waals surface area contributed by atoms with Crippen molar-refractivity contribution in [3.8, 4) is 6.07 Å². The molecule has 0 bridgehead atoms. The maximum Gasteiger partial charge on any atom is 0.299 e. The molecule has 1 aliphatic heterocycles. The summed E-state index contributed by atoms with van der Waals surface area (Å²) in [6.45, 7) is 1.01. The number of nitro benzene ring substituents is 2. The van der Waals surface area contributed by atoms with Crippen molar-refractivity contribution >= 4 is 22.7 Å². The van der Waals surface area contributed by atoms with Gasteiger partial charge in [0, 0.05) is 25.2 Å². The van der Waals surface area contributed by atoms with Gasteiger partial charge in [0.2, 0.25) is 0 Å². The van der Waals surface area contributed by atoms with Crippen molar-refractivity contribution in [2.75, 3.05) is 23.3 Å². The van der Waals surface area contributed by atoms with Crippen LogP contribution in [0, 0.1) is 37.4 Å². The van der Waals surface area contributed by atoms with E-state index in [1.54, 1.807) is 6.07 Å². The molecule has 1 heterocycles. The molecule has 0 saturated carbocycles. The first kappa shape index (κ1) is 19.0. The van der Waals surface area contributed by atoms with E-state index in [0.717, 1.165) is 12.5 Å². The molecule has 0 radical (unpaired) electrons. The largest absolute Gasteiger partial charge is 0.375 e. The Kier molecular flexibility index (Phi) is 5.35. The first-order chi connectivity index (χ1) is 13.4. The van der Waals surface area contributed by atoms with E-state index >= 15 is 0 Å². The number of nitrogens with one attached hydrogen (secondary N) is 1. The van der Waals surface area contributed by atoms with Crippen molar-refractivity contribution in [2.24, 2.45) is 0 Å². The molecule has 28 heavy (non-hydrogen) atoms. The minimum atomic E-state index is -0.688. The quantitative estimate of drug-likeness (QED) is 0.615. The second-order valence-corrected chi connectivity index (χ2v) is 6.42. The van der Waals surface area contributed by atoms with Crippen LogP contribution in [0.2, 0.25) is 0 Å². The maximum atomic E-state index is 14.3. The van der Waals surface area contributed by atoms with Crippen molar-refractivity contribution in [3.63, 3.8) is 0 Å². The van der Waals surface area contributed by atoms with Crippen LogP contribution in [0.1, 0.15) is 18.4 Å². The number of rotatable bonds is 5. The summed E-state index contributed by atoms with van der Waals surface area (Å²) in [5.41, 5.74) is 0.0407. The average Bonchev–Trinajstić information content (AvgIpc) is 2.68. The van der Waals surface area contributed by atoms with Crippen LogP contribution in [0.4, 0.5) is 27.1 Å². The molecule has 144 valence electrons. The zero-order chi connectivity index (χ0) is 20.3. The zero-order valence-corrected chi connectivity index (χ0v) is 14.7. The van der Waals surface area contributed by atoms with Crippen LogP contribution in [0.5, 0.6) is 0 Å². The Morgan fingerprint density at radius 3 is 2.61 bits per heavy atom. The lowest BCUT2D eigenvalue weighted by Crippen LogP contribution is -2.42. The van der Waals surface area contributed by atoms with Gasteiger partial charge in [-0.3, -0.25) is 20.2 Å². The minimum absolute atomic E-state index is 0.183. The Morgan fingerprint density at radius 2 is 1.96 bits per heavy atom. The summed E-state index contributed by atoms with van der Waals surface area (Å²) in [4.78, 5) is 22.6. The fourth-order valence-corrected chi connectivity index (χ4v) is 3.27. The molecule has 1 atom stereocenters. The second-order valence-electron chi connectivity index (χ2n) is 6.42. The summed E-state index contributed by atoms with van der Waals surface area (Å²) < 4.78 is 14.3. The molecule has 2 aromatic rings. The van der Waals surface area contributed by atoms with Crippen LogP contribution >= 0.6 is 0 Å². The fourth-order valence-electron chi connectivity index (χ4n) is 3.27. The number of hydrogen-bond donors (Lipinski definition) is 1. The van der Waals surface area contributed by atoms with Crippen LogP contribution in [-0.2, 0) is 0 Å². The van der Waals surface area contributed by atoms with Crippen molar-refractivity contribution in [1.82, 2.24) is 0 Å². The lowest BCUT2D eigenvalue weighted by molar-refractivity contribution is -0.393. The summed E-state index contributed by atoms with van der Waals surface area (Å²) in [6, 6.07) is 9.38. The zero-order valence-electron chi connectivity index (χ0n) is 14.7. The van der Waals surface area contributed by atoms with Gasteiger partial charge in [-0.2, -0.15) is 5.26 Å². The van der Waals surface area contributed by atoms with Gasteiger partial charge in [0.15, 0.2) is 0 Å². The third kappa shape index (κ3) is 3.98. The van der Waals surface area contributed by atoms with Gasteiger partial charge in [0.25, 0.3) is 11.4 Å². The van der Waals surface area contributed by atoms with Gasteiger partial charge in [-0.25, -0.2) is 4.39 Å². The SMILES string of the molecule is N#Cc1ccc(N2CCCC(Nc3ccc([N+](=O)[O-])cc3[N+](=O)[O-])C2)c(F)c1. The number of non-ortho nitro benzene ring substituents is 1. The summed E-state index contributed by atoms with van der Waals surface area (Å²) >= 11 is 0. The van der Waals surface area contributed by atoms with Crippen LogP contribution in [0.25, 0.3) is 0 Å². The normalized spacial score (nSPS) is 16.3. The molecule has 0 aliphatic carbocycles. The molecule has 9 nitrogen and oxygen atoms in total. The number of piperidine rings is 1. The van der Waals surface area contributed by atoms with E-state index in [-0.39, 0.29) is 28.7 Å². The number of anilines is 2. The highest BCUT2D eigenvalue weighted by Gasteiger charge is 2.26. The van der Waals surface area contributed by atoms with Gasteiger partial charge < -0.3 is 10.2 Å². The summed E-state index contributed by atoms with van der Waals surface area (Å²) in [5.74, 6) is -0.499. The van der Waals surface area contributed by atoms with Gasteiger partial charge in [0.05, 0.1) is 33.2 Å². The molecule has 2 aromatic carbocycles. The predicted molar refractivity (Wildman–Crippen MR) is 99.7 cm³/mol. The fraction of sp³-hybridized carbons (Fsp3) is 0.278. The highest BCUT2D eigenvalue weighted by atomic mass is 19.1. The van der Waals surface area contributed by atoms with Gasteiger partial charge >= 0.3 is 0 Å². The van der Waals surface area contributed by atoms with Gasteiger partial charge in [0.1, 0.15) is 11.5 Å². The Balaban J connectivity index is 1.80. The van der Waals surface area contributed by atoms with Crippen LogP contribution < -0.4 is 10.2 Å². The monoisotopic (exact) mass is 385 g/mol. The Labute approximate surface area is 159 Å². The van der Waals surface area contributed by atoms with Gasteiger partial charge in [-0.1, -0.05) is 0 Å². The van der Waals surface area contributed by atoms with E-state index in [4.69, 9.17) is 5.26 Å². The molecule has 3 rings (SSSR count). The van der Waals surface area contributed by atoms with E-state index in [0.29, 0.717) is 25.2 Å². The number of benzene rings is 2. The molecule has 1 N–H and O–H groups in total. The van der Waals surface area contributed by atoms with Crippen molar-refractivity contribution in [3.05, 3.63) is 68.0 Å². The number of nitriles is 1. The minimum Gasteiger partial charge on any atom is -0.375 e. The molecule has 0 aromatic heterocycles. The number of nitrogens with zero attached hydrogens (tertiary/aromatic N) is 4. The molecule has 0 amide bonds. The average molecular weight is 385 g/mol. The Morgan fingerprint density at radius 1 is 1.18 bits per heavy atom. The molecule has 1 aliphatic rings. The molecule has 1 saturated heterocycles. The highest BCUT2D eigenvalue weighted by molar-refractivity contribution is 5.66. The number of nitro groups is 2. The predicted octanol–water partition coefficient (Wildman–Crippen LogP) is 3.59. The van der Waals surface area contributed by atoms with Crippen LogP contribution in [0.15, 0.2) is 36.4 Å². The van der Waals surface area contributed by atoms with Crippen molar-refractivity contribution in [1.29, 1.82) is 5.26 Å². The lowest BCUT2D eigenvalue weighted by Gasteiger charge is -2.35. The lowest BCUT2D eigenvalue weighted by atomic mass is 10.0. The maximum absolute atomic E-state index is 14.3. The van der Waals surface area contributed by atoms with Crippen LogP contribution in [-0.4, -0.2) is 29.0 Å². The summed E-state index contributed by atoms with van der Waals surface area (Å²) in [6.07, 6.45) is 1.44. The standard InChI is InChI=1S/C18H16FN5O4/c19-15-8-12(10-20)3-6-17(15)22-7-1-2-13(11-22)21-16-5-4-14(23(25)26)9-18(16)24(27)28/h3-6,8-9,13,21H,1-2,7,11H2. The molecular weight excluding hydrogens is 369 g/mol. The third-order valence-corrected chi connectivity index (χ3v) is 4.59. The smallest absolute Gasteiger partial charge is 0.299 e. The highest BCUT2D eigenvalue weighted by Crippen LogP contribution is 2.31. The molecule has 1 fully saturated rings. The van der Waals surface area contributed by atoms with Gasteiger partial charge in [-0.15, -0.1) is 0 Å². The molecule has 10 heteroatoms. The third-order valence-electron chi connectivity index (χ3n) is 4.59. The Hall–Kier alpha value is -3.74. The summed E-state index contributed by atoms with van der Waals surface area (Å²) in [7, 11) is 0. The van der Waals surface area contributed by atoms with E-state index in [1.165, 1.54) is 24.3 Å².